The predicted molar refractivity (Wildman–Crippen MR) is 73.0 cm³/mol. The van der Waals surface area contributed by atoms with Crippen LogP contribution in [0.1, 0.15) is 32.4 Å². The van der Waals surface area contributed by atoms with Crippen LogP contribution in [0.3, 0.4) is 0 Å². The lowest BCUT2D eigenvalue weighted by Gasteiger charge is -2.34. The van der Waals surface area contributed by atoms with Gasteiger partial charge in [-0.2, -0.15) is 5.10 Å². The fourth-order valence-corrected chi connectivity index (χ4v) is 2.66. The highest BCUT2D eigenvalue weighted by Crippen LogP contribution is 2.22. The van der Waals surface area contributed by atoms with E-state index in [0.717, 1.165) is 25.2 Å². The van der Waals surface area contributed by atoms with Gasteiger partial charge in [-0.3, -0.25) is 4.79 Å². The molecule has 0 aliphatic carbocycles. The number of likely N-dealkylation sites (tertiary alicyclic amines) is 1. The van der Waals surface area contributed by atoms with Crippen LogP contribution in [-0.2, 0) is 6.42 Å². The number of aromatic nitrogens is 2. The molecule has 0 unspecified atom stereocenters. The zero-order valence-corrected chi connectivity index (χ0v) is 11.7. The van der Waals surface area contributed by atoms with E-state index in [-0.39, 0.29) is 10.6 Å². The highest BCUT2D eigenvalue weighted by molar-refractivity contribution is 6.30. The first kappa shape index (κ1) is 13.6. The molecule has 0 bridgehead atoms. The molecule has 0 spiro atoms. The Morgan fingerprint density at radius 3 is 2.72 bits per heavy atom. The molecule has 1 aromatic heterocycles. The minimum absolute atomic E-state index is 0.236. The fraction of sp³-hybridized carbons (Fsp3) is 0.692. The molecule has 0 amide bonds. The van der Waals surface area contributed by atoms with Crippen molar-refractivity contribution < 1.29 is 0 Å². The topological polar surface area (TPSA) is 49.0 Å². The summed E-state index contributed by atoms with van der Waals surface area (Å²) in [5.41, 5.74) is 0.581. The van der Waals surface area contributed by atoms with Crippen molar-refractivity contribution in [3.8, 4) is 0 Å². The lowest BCUT2D eigenvalue weighted by molar-refractivity contribution is 0.149. The number of nitrogens with zero attached hydrogens (tertiary/aromatic N) is 2. The molecule has 5 heteroatoms. The van der Waals surface area contributed by atoms with Crippen LogP contribution in [0, 0.1) is 5.92 Å². The number of rotatable bonds is 3. The average molecular weight is 270 g/mol. The number of piperidine rings is 1. The van der Waals surface area contributed by atoms with Crippen LogP contribution in [0.25, 0.3) is 0 Å². The van der Waals surface area contributed by atoms with Gasteiger partial charge in [0.25, 0.3) is 5.56 Å². The maximum atomic E-state index is 11.1. The Bertz CT molecular complexity index is 450. The van der Waals surface area contributed by atoms with E-state index in [1.165, 1.54) is 12.8 Å². The van der Waals surface area contributed by atoms with E-state index < -0.39 is 0 Å². The van der Waals surface area contributed by atoms with Crippen molar-refractivity contribution >= 4 is 11.6 Å². The second-order valence-corrected chi connectivity index (χ2v) is 5.72. The van der Waals surface area contributed by atoms with Crippen molar-refractivity contribution in [2.75, 3.05) is 13.1 Å². The van der Waals surface area contributed by atoms with E-state index in [0.29, 0.717) is 12.0 Å². The molecule has 1 aliphatic heterocycles. The highest BCUT2D eigenvalue weighted by Gasteiger charge is 2.21. The maximum absolute atomic E-state index is 11.1. The number of hydrogen-bond acceptors (Lipinski definition) is 3. The first-order valence-corrected chi connectivity index (χ1v) is 6.92. The summed E-state index contributed by atoms with van der Waals surface area (Å²) in [6.07, 6.45) is 3.29. The quantitative estimate of drug-likeness (QED) is 0.914. The summed E-state index contributed by atoms with van der Waals surface area (Å²) in [6, 6.07) is 2.32. The van der Waals surface area contributed by atoms with Crippen molar-refractivity contribution in [3.63, 3.8) is 0 Å². The van der Waals surface area contributed by atoms with Crippen molar-refractivity contribution in [2.24, 2.45) is 5.92 Å². The Kier molecular flexibility index (Phi) is 4.40. The number of H-pyrrole nitrogens is 1. The summed E-state index contributed by atoms with van der Waals surface area (Å²) in [5, 5.41) is 6.72. The molecule has 100 valence electrons. The summed E-state index contributed by atoms with van der Waals surface area (Å²) in [4.78, 5) is 13.6. The van der Waals surface area contributed by atoms with Crippen LogP contribution in [0.15, 0.2) is 10.9 Å². The van der Waals surface area contributed by atoms with E-state index in [1.54, 1.807) is 6.07 Å². The molecule has 18 heavy (non-hydrogen) atoms. The first-order chi connectivity index (χ1) is 8.56. The Hall–Kier alpha value is -0.870. The molecular weight excluding hydrogens is 250 g/mol. The van der Waals surface area contributed by atoms with E-state index in [9.17, 15) is 4.79 Å². The SMILES string of the molecule is CC(C)N1CCC(Cc2cc(Cl)c(=O)[nH]n2)CC1. The lowest BCUT2D eigenvalue weighted by atomic mass is 9.91. The van der Waals surface area contributed by atoms with Gasteiger partial charge in [0.1, 0.15) is 5.02 Å². The Morgan fingerprint density at radius 2 is 2.17 bits per heavy atom. The molecule has 1 N–H and O–H groups in total. The molecule has 1 fully saturated rings. The molecular formula is C13H20ClN3O. The molecule has 0 radical (unpaired) electrons. The Balaban J connectivity index is 1.91. The summed E-state index contributed by atoms with van der Waals surface area (Å²) in [7, 11) is 0. The van der Waals surface area contributed by atoms with Crippen LogP contribution >= 0.6 is 11.6 Å². The average Bonchev–Trinajstić information content (AvgIpc) is 2.34. The van der Waals surface area contributed by atoms with E-state index in [1.807, 2.05) is 0 Å². The largest absolute Gasteiger partial charge is 0.301 e. The van der Waals surface area contributed by atoms with Gasteiger partial charge in [0.15, 0.2) is 0 Å². The van der Waals surface area contributed by atoms with E-state index in [2.05, 4.69) is 28.9 Å². The fourth-order valence-electron chi connectivity index (χ4n) is 2.49. The Morgan fingerprint density at radius 1 is 1.50 bits per heavy atom. The second-order valence-electron chi connectivity index (χ2n) is 5.31. The molecule has 0 atom stereocenters. The first-order valence-electron chi connectivity index (χ1n) is 6.54. The number of nitrogens with one attached hydrogen (secondary N) is 1. The van der Waals surface area contributed by atoms with Gasteiger partial charge in [-0.25, -0.2) is 5.10 Å². The van der Waals surface area contributed by atoms with Crippen molar-refractivity contribution in [1.82, 2.24) is 15.1 Å². The molecule has 2 heterocycles. The standard InChI is InChI=1S/C13H20ClN3O/c1-9(2)17-5-3-10(4-6-17)7-11-8-12(14)13(18)16-15-11/h8-10H,3-7H2,1-2H3,(H,16,18). The highest BCUT2D eigenvalue weighted by atomic mass is 35.5. The molecule has 4 nitrogen and oxygen atoms in total. The second kappa shape index (κ2) is 5.85. The van der Waals surface area contributed by atoms with E-state index in [4.69, 9.17) is 11.6 Å². The third-order valence-electron chi connectivity index (χ3n) is 3.69. The van der Waals surface area contributed by atoms with Crippen LogP contribution < -0.4 is 5.56 Å². The summed E-state index contributed by atoms with van der Waals surface area (Å²) < 4.78 is 0. The third kappa shape index (κ3) is 3.33. The number of halogens is 1. The normalized spacial score (nSPS) is 18.4. The molecule has 1 aliphatic rings. The van der Waals surface area contributed by atoms with Gasteiger partial charge in [0.2, 0.25) is 0 Å². The number of aromatic amines is 1. The van der Waals surface area contributed by atoms with Gasteiger partial charge >= 0.3 is 0 Å². The smallest absolute Gasteiger partial charge is 0.282 e. The van der Waals surface area contributed by atoms with Gasteiger partial charge in [-0.15, -0.1) is 0 Å². The van der Waals surface area contributed by atoms with Crippen molar-refractivity contribution in [3.05, 3.63) is 27.1 Å². The van der Waals surface area contributed by atoms with Gasteiger partial charge < -0.3 is 4.90 Å². The minimum atomic E-state index is -0.310. The van der Waals surface area contributed by atoms with Crippen LogP contribution in [0.4, 0.5) is 0 Å². The van der Waals surface area contributed by atoms with E-state index >= 15 is 0 Å². The monoisotopic (exact) mass is 269 g/mol. The van der Waals surface area contributed by atoms with Crippen LogP contribution in [-0.4, -0.2) is 34.2 Å². The van der Waals surface area contributed by atoms with Gasteiger partial charge in [0, 0.05) is 6.04 Å². The van der Waals surface area contributed by atoms with Crippen LogP contribution in [0.5, 0.6) is 0 Å². The summed E-state index contributed by atoms with van der Waals surface area (Å²) in [6.45, 7) is 6.78. The predicted octanol–water partition coefficient (Wildman–Crippen LogP) is 2.09. The number of hydrogen-bond donors (Lipinski definition) is 1. The van der Waals surface area contributed by atoms with Gasteiger partial charge in [-0.05, 0) is 58.2 Å². The molecule has 1 aromatic rings. The van der Waals surface area contributed by atoms with Crippen molar-refractivity contribution in [1.29, 1.82) is 0 Å². The zero-order valence-electron chi connectivity index (χ0n) is 10.9. The van der Waals surface area contributed by atoms with Gasteiger partial charge in [-0.1, -0.05) is 11.6 Å². The maximum Gasteiger partial charge on any atom is 0.282 e. The summed E-state index contributed by atoms with van der Waals surface area (Å²) >= 11 is 5.80. The minimum Gasteiger partial charge on any atom is -0.301 e. The Labute approximate surface area is 112 Å². The van der Waals surface area contributed by atoms with Gasteiger partial charge in [0.05, 0.1) is 5.69 Å². The van der Waals surface area contributed by atoms with Crippen molar-refractivity contribution in [2.45, 2.75) is 39.2 Å². The molecule has 1 saturated heterocycles. The zero-order chi connectivity index (χ0) is 13.1. The van der Waals surface area contributed by atoms with Crippen LogP contribution in [0.2, 0.25) is 5.02 Å². The molecule has 0 saturated carbocycles. The lowest BCUT2D eigenvalue weighted by Crippen LogP contribution is -2.38. The summed E-state index contributed by atoms with van der Waals surface area (Å²) in [5.74, 6) is 0.648. The third-order valence-corrected chi connectivity index (χ3v) is 3.97. The molecule has 0 aromatic carbocycles. The molecule has 2 rings (SSSR count).